The van der Waals surface area contributed by atoms with Gasteiger partial charge in [-0.3, -0.25) is 9.78 Å². The number of amides is 1. The Bertz CT molecular complexity index is 567. The van der Waals surface area contributed by atoms with Gasteiger partial charge in [-0.25, -0.2) is 0 Å². The third-order valence-corrected chi connectivity index (χ3v) is 3.11. The van der Waals surface area contributed by atoms with Gasteiger partial charge >= 0.3 is 0 Å². The molecular weight excluding hydrogens is 264 g/mol. The first kappa shape index (κ1) is 15.0. The summed E-state index contributed by atoms with van der Waals surface area (Å²) in [6.45, 7) is 4.31. The molecule has 1 heterocycles. The Morgan fingerprint density at radius 2 is 2.00 bits per heavy atom. The van der Waals surface area contributed by atoms with Crippen LogP contribution in [0.1, 0.15) is 18.2 Å². The van der Waals surface area contributed by atoms with Gasteiger partial charge in [0.2, 0.25) is 0 Å². The van der Waals surface area contributed by atoms with Gasteiger partial charge < -0.3 is 10.1 Å². The number of benzene rings is 1. The lowest BCUT2D eigenvalue weighted by molar-refractivity contribution is -0.127. The van der Waals surface area contributed by atoms with Crippen molar-refractivity contribution in [1.82, 2.24) is 10.3 Å². The van der Waals surface area contributed by atoms with Crippen LogP contribution in [0.15, 0.2) is 48.7 Å². The van der Waals surface area contributed by atoms with Gasteiger partial charge in [0.25, 0.3) is 5.91 Å². The molecule has 2 aromatic rings. The van der Waals surface area contributed by atoms with Gasteiger partial charge in [-0.2, -0.15) is 0 Å². The molecule has 0 radical (unpaired) electrons. The van der Waals surface area contributed by atoms with Crippen LogP contribution >= 0.6 is 0 Å². The van der Waals surface area contributed by atoms with Gasteiger partial charge in [0, 0.05) is 24.9 Å². The van der Waals surface area contributed by atoms with Gasteiger partial charge in [0.15, 0.2) is 6.10 Å². The molecule has 0 bridgehead atoms. The molecule has 4 heteroatoms. The van der Waals surface area contributed by atoms with Crippen LogP contribution in [0.5, 0.6) is 5.75 Å². The normalized spacial score (nSPS) is 11.7. The van der Waals surface area contributed by atoms with E-state index in [0.29, 0.717) is 18.7 Å². The van der Waals surface area contributed by atoms with E-state index in [0.717, 1.165) is 11.3 Å². The van der Waals surface area contributed by atoms with Crippen LogP contribution in [-0.4, -0.2) is 23.5 Å². The Morgan fingerprint density at radius 3 is 2.67 bits per heavy atom. The maximum Gasteiger partial charge on any atom is 0.260 e. The Balaban J connectivity index is 1.76. The average molecular weight is 284 g/mol. The summed E-state index contributed by atoms with van der Waals surface area (Å²) in [5.74, 6) is 0.583. The fourth-order valence-electron chi connectivity index (χ4n) is 1.88. The van der Waals surface area contributed by atoms with Crippen LogP contribution in [0.3, 0.4) is 0 Å². The predicted octanol–water partition coefficient (Wildman–Crippen LogP) is 2.52. The zero-order valence-electron chi connectivity index (χ0n) is 12.4. The molecule has 0 fully saturated rings. The van der Waals surface area contributed by atoms with Crippen molar-refractivity contribution in [3.05, 3.63) is 59.9 Å². The number of aryl methyl sites for hydroxylation is 1. The number of nitrogens with one attached hydrogen (secondary N) is 1. The molecule has 1 aromatic carbocycles. The second kappa shape index (κ2) is 7.43. The molecule has 4 nitrogen and oxygen atoms in total. The Labute approximate surface area is 125 Å². The molecule has 0 aliphatic rings. The van der Waals surface area contributed by atoms with Gasteiger partial charge in [-0.05, 0) is 38.1 Å². The molecule has 0 unspecified atom stereocenters. The van der Waals surface area contributed by atoms with E-state index in [1.54, 1.807) is 13.1 Å². The number of nitrogens with zero attached hydrogens (tertiary/aromatic N) is 1. The molecule has 21 heavy (non-hydrogen) atoms. The van der Waals surface area contributed by atoms with Crippen LogP contribution in [0, 0.1) is 6.92 Å². The number of carbonyl (C=O) groups is 1. The first-order valence-corrected chi connectivity index (χ1v) is 7.06. The fraction of sp³-hybridized carbons (Fsp3) is 0.294. The molecule has 1 N–H and O–H groups in total. The van der Waals surface area contributed by atoms with Crippen molar-refractivity contribution in [1.29, 1.82) is 0 Å². The van der Waals surface area contributed by atoms with Crippen LogP contribution in [0.25, 0.3) is 0 Å². The van der Waals surface area contributed by atoms with E-state index >= 15 is 0 Å². The Hall–Kier alpha value is -2.36. The van der Waals surface area contributed by atoms with Crippen molar-refractivity contribution in [2.24, 2.45) is 0 Å². The fourth-order valence-corrected chi connectivity index (χ4v) is 1.88. The summed E-state index contributed by atoms with van der Waals surface area (Å²) in [4.78, 5) is 16.2. The molecule has 0 saturated carbocycles. The first-order chi connectivity index (χ1) is 10.1. The minimum absolute atomic E-state index is 0.119. The number of hydrogen-bond donors (Lipinski definition) is 1. The highest BCUT2D eigenvalue weighted by atomic mass is 16.5. The molecule has 1 amide bonds. The summed E-state index contributed by atoms with van der Waals surface area (Å²) in [6.07, 6.45) is 1.95. The van der Waals surface area contributed by atoms with E-state index in [-0.39, 0.29) is 5.91 Å². The summed E-state index contributed by atoms with van der Waals surface area (Å²) >= 11 is 0. The van der Waals surface area contributed by atoms with Gasteiger partial charge in [-0.15, -0.1) is 0 Å². The molecule has 110 valence electrons. The number of rotatable bonds is 6. The van der Waals surface area contributed by atoms with Crippen molar-refractivity contribution in [3.8, 4) is 5.75 Å². The summed E-state index contributed by atoms with van der Waals surface area (Å²) in [7, 11) is 0. The second-order valence-electron chi connectivity index (χ2n) is 4.94. The van der Waals surface area contributed by atoms with Crippen molar-refractivity contribution >= 4 is 5.91 Å². The van der Waals surface area contributed by atoms with Crippen LogP contribution in [-0.2, 0) is 11.2 Å². The topological polar surface area (TPSA) is 51.2 Å². The number of hydrogen-bond acceptors (Lipinski definition) is 3. The lowest BCUT2D eigenvalue weighted by Gasteiger charge is -2.14. The van der Waals surface area contributed by atoms with E-state index in [1.165, 1.54) is 0 Å². The van der Waals surface area contributed by atoms with Gasteiger partial charge in [0.1, 0.15) is 5.75 Å². The smallest absolute Gasteiger partial charge is 0.260 e. The maximum atomic E-state index is 11.9. The maximum absolute atomic E-state index is 11.9. The quantitative estimate of drug-likeness (QED) is 0.886. The monoisotopic (exact) mass is 284 g/mol. The zero-order valence-corrected chi connectivity index (χ0v) is 12.4. The SMILES string of the molecule is Cc1ccc(O[C@H](C)C(=O)NCCc2ccccn2)cc1. The first-order valence-electron chi connectivity index (χ1n) is 7.06. The van der Waals surface area contributed by atoms with Crippen molar-refractivity contribution in [2.75, 3.05) is 6.54 Å². The van der Waals surface area contributed by atoms with Crippen LogP contribution < -0.4 is 10.1 Å². The summed E-state index contributed by atoms with van der Waals surface area (Å²) in [5, 5.41) is 2.86. The lowest BCUT2D eigenvalue weighted by Crippen LogP contribution is -2.37. The number of carbonyl (C=O) groups excluding carboxylic acids is 1. The number of ether oxygens (including phenoxy) is 1. The lowest BCUT2D eigenvalue weighted by atomic mass is 10.2. The van der Waals surface area contributed by atoms with E-state index < -0.39 is 6.10 Å². The molecular formula is C17H20N2O2. The largest absolute Gasteiger partial charge is 0.481 e. The molecule has 1 atom stereocenters. The minimum atomic E-state index is -0.517. The van der Waals surface area contributed by atoms with Crippen molar-refractivity contribution in [3.63, 3.8) is 0 Å². The highest BCUT2D eigenvalue weighted by Crippen LogP contribution is 2.13. The minimum Gasteiger partial charge on any atom is -0.481 e. The highest BCUT2D eigenvalue weighted by Gasteiger charge is 2.13. The molecule has 0 aliphatic heterocycles. The second-order valence-corrected chi connectivity index (χ2v) is 4.94. The van der Waals surface area contributed by atoms with E-state index in [2.05, 4.69) is 10.3 Å². The molecule has 0 aliphatic carbocycles. The Kier molecular flexibility index (Phi) is 5.32. The zero-order chi connectivity index (χ0) is 15.1. The van der Waals surface area contributed by atoms with E-state index in [1.807, 2.05) is 49.4 Å². The van der Waals surface area contributed by atoms with E-state index in [4.69, 9.17) is 4.74 Å². The molecule has 1 aromatic heterocycles. The highest BCUT2D eigenvalue weighted by molar-refractivity contribution is 5.80. The van der Waals surface area contributed by atoms with Crippen LogP contribution in [0.4, 0.5) is 0 Å². The summed E-state index contributed by atoms with van der Waals surface area (Å²) in [6, 6.07) is 13.4. The van der Waals surface area contributed by atoms with Gasteiger partial charge in [-0.1, -0.05) is 23.8 Å². The molecule has 2 rings (SSSR count). The average Bonchev–Trinajstić information content (AvgIpc) is 2.50. The predicted molar refractivity (Wildman–Crippen MR) is 82.2 cm³/mol. The third kappa shape index (κ3) is 4.91. The summed E-state index contributed by atoms with van der Waals surface area (Å²) in [5.41, 5.74) is 2.12. The third-order valence-electron chi connectivity index (χ3n) is 3.11. The summed E-state index contributed by atoms with van der Waals surface area (Å²) < 4.78 is 5.61. The Morgan fingerprint density at radius 1 is 1.24 bits per heavy atom. The van der Waals surface area contributed by atoms with E-state index in [9.17, 15) is 4.79 Å². The van der Waals surface area contributed by atoms with Gasteiger partial charge in [0.05, 0.1) is 0 Å². The number of aromatic nitrogens is 1. The molecule has 0 saturated heterocycles. The number of pyridine rings is 1. The molecule has 0 spiro atoms. The standard InChI is InChI=1S/C17H20N2O2/c1-13-6-8-16(9-7-13)21-14(2)17(20)19-12-10-15-5-3-4-11-18-15/h3-9,11,14H,10,12H2,1-2H3,(H,19,20)/t14-/m1/s1. The van der Waals surface area contributed by atoms with Crippen LogP contribution in [0.2, 0.25) is 0 Å². The van der Waals surface area contributed by atoms with Crippen molar-refractivity contribution in [2.45, 2.75) is 26.4 Å². The van der Waals surface area contributed by atoms with Crippen molar-refractivity contribution < 1.29 is 9.53 Å².